The maximum atomic E-state index is 5.94. The Hall–Kier alpha value is -1.57. The molecule has 2 fully saturated rings. The summed E-state index contributed by atoms with van der Waals surface area (Å²) in [5, 5.41) is 6.85. The van der Waals surface area contributed by atoms with E-state index in [4.69, 9.17) is 14.1 Å². The average molecular weight is 378 g/mol. The van der Waals surface area contributed by atoms with Gasteiger partial charge in [0.1, 0.15) is 11.5 Å². The Bertz CT molecular complexity index is 577. The Kier molecular flexibility index (Phi) is 7.98. The van der Waals surface area contributed by atoms with Crippen molar-refractivity contribution in [2.24, 2.45) is 4.99 Å². The summed E-state index contributed by atoms with van der Waals surface area (Å²) in [6, 6.07) is 4.37. The molecule has 0 spiro atoms. The molecule has 2 saturated heterocycles. The van der Waals surface area contributed by atoms with E-state index in [1.54, 1.807) is 0 Å². The highest BCUT2D eigenvalue weighted by atomic mass is 16.5. The molecule has 2 aliphatic rings. The van der Waals surface area contributed by atoms with Crippen molar-refractivity contribution in [3.8, 4) is 0 Å². The van der Waals surface area contributed by atoms with Gasteiger partial charge in [0.05, 0.1) is 25.8 Å². The number of hydrogen-bond donors (Lipinski definition) is 2. The van der Waals surface area contributed by atoms with Crippen LogP contribution < -0.4 is 10.6 Å². The Morgan fingerprint density at radius 3 is 2.59 bits per heavy atom. The SMILES string of the molecule is CCNC(=NCC(c1ccc(C)o1)N1CCCC1)NCCN1CCOCC1. The fourth-order valence-corrected chi connectivity index (χ4v) is 3.75. The number of aryl methyl sites for hydroxylation is 1. The number of morpholine rings is 1. The van der Waals surface area contributed by atoms with Crippen molar-refractivity contribution in [1.82, 2.24) is 20.4 Å². The van der Waals surface area contributed by atoms with Gasteiger partial charge in [0, 0.05) is 32.7 Å². The van der Waals surface area contributed by atoms with E-state index in [0.29, 0.717) is 6.54 Å². The van der Waals surface area contributed by atoms with Crippen LogP contribution >= 0.6 is 0 Å². The zero-order valence-corrected chi connectivity index (χ0v) is 16.9. The second kappa shape index (κ2) is 10.7. The van der Waals surface area contributed by atoms with Crippen molar-refractivity contribution in [3.05, 3.63) is 23.7 Å². The molecular weight excluding hydrogens is 342 g/mol. The van der Waals surface area contributed by atoms with E-state index in [0.717, 1.165) is 76.5 Å². The predicted molar refractivity (Wildman–Crippen MR) is 108 cm³/mol. The number of ether oxygens (including phenoxy) is 1. The van der Waals surface area contributed by atoms with E-state index in [2.05, 4.69) is 33.4 Å². The van der Waals surface area contributed by atoms with Crippen LogP contribution in [0, 0.1) is 6.92 Å². The third-order valence-corrected chi connectivity index (χ3v) is 5.26. The van der Waals surface area contributed by atoms with Gasteiger partial charge in [-0.15, -0.1) is 0 Å². The molecule has 1 unspecified atom stereocenters. The number of nitrogens with zero attached hydrogens (tertiary/aromatic N) is 3. The molecule has 1 atom stereocenters. The first-order valence-electron chi connectivity index (χ1n) is 10.4. The molecule has 0 aromatic carbocycles. The lowest BCUT2D eigenvalue weighted by Crippen LogP contribution is -2.44. The van der Waals surface area contributed by atoms with Gasteiger partial charge in [-0.1, -0.05) is 0 Å². The van der Waals surface area contributed by atoms with E-state index >= 15 is 0 Å². The second-order valence-corrected chi connectivity index (χ2v) is 7.31. The molecule has 1 aromatic heterocycles. The molecule has 7 nitrogen and oxygen atoms in total. The molecule has 3 rings (SSSR count). The maximum Gasteiger partial charge on any atom is 0.191 e. The molecule has 27 heavy (non-hydrogen) atoms. The van der Waals surface area contributed by atoms with Gasteiger partial charge >= 0.3 is 0 Å². The first kappa shape index (κ1) is 20.2. The molecule has 2 aliphatic heterocycles. The highest BCUT2D eigenvalue weighted by molar-refractivity contribution is 5.79. The smallest absolute Gasteiger partial charge is 0.191 e. The van der Waals surface area contributed by atoms with Crippen molar-refractivity contribution < 1.29 is 9.15 Å². The summed E-state index contributed by atoms with van der Waals surface area (Å²) in [5.74, 6) is 2.88. The molecule has 0 bridgehead atoms. The zero-order valence-electron chi connectivity index (χ0n) is 16.9. The summed E-state index contributed by atoms with van der Waals surface area (Å²) in [7, 11) is 0. The molecule has 0 aliphatic carbocycles. The van der Waals surface area contributed by atoms with Crippen LogP contribution in [0.1, 0.15) is 37.3 Å². The number of guanidine groups is 1. The molecule has 2 N–H and O–H groups in total. The molecule has 3 heterocycles. The minimum atomic E-state index is 0.218. The molecule has 7 heteroatoms. The molecule has 0 amide bonds. The lowest BCUT2D eigenvalue weighted by Gasteiger charge is -2.27. The molecule has 152 valence electrons. The lowest BCUT2D eigenvalue weighted by atomic mass is 10.2. The zero-order chi connectivity index (χ0) is 18.9. The van der Waals surface area contributed by atoms with E-state index < -0.39 is 0 Å². The van der Waals surface area contributed by atoms with Gasteiger partial charge in [0.2, 0.25) is 0 Å². The van der Waals surface area contributed by atoms with Crippen LogP contribution in [0.25, 0.3) is 0 Å². The van der Waals surface area contributed by atoms with Gasteiger partial charge < -0.3 is 19.8 Å². The largest absolute Gasteiger partial charge is 0.465 e. The summed E-state index contributed by atoms with van der Waals surface area (Å²) in [4.78, 5) is 9.80. The van der Waals surface area contributed by atoms with Crippen molar-refractivity contribution in [2.45, 2.75) is 32.7 Å². The van der Waals surface area contributed by atoms with Crippen molar-refractivity contribution in [2.75, 3.05) is 65.6 Å². The maximum absolute atomic E-state index is 5.94. The number of furan rings is 1. The van der Waals surface area contributed by atoms with Crippen LogP contribution in [-0.2, 0) is 4.74 Å². The van der Waals surface area contributed by atoms with E-state index in [-0.39, 0.29) is 6.04 Å². The van der Waals surface area contributed by atoms with E-state index in [9.17, 15) is 0 Å². The van der Waals surface area contributed by atoms with Gasteiger partial charge in [-0.3, -0.25) is 14.8 Å². The van der Waals surface area contributed by atoms with Crippen LogP contribution in [0.15, 0.2) is 21.5 Å². The third-order valence-electron chi connectivity index (χ3n) is 5.26. The van der Waals surface area contributed by atoms with Crippen LogP contribution in [0.4, 0.5) is 0 Å². The minimum absolute atomic E-state index is 0.218. The summed E-state index contributed by atoms with van der Waals surface area (Å²) in [5.41, 5.74) is 0. The number of likely N-dealkylation sites (tertiary alicyclic amines) is 1. The monoisotopic (exact) mass is 377 g/mol. The van der Waals surface area contributed by atoms with Crippen LogP contribution in [-0.4, -0.2) is 81.3 Å². The standard InChI is InChI=1S/C20H35N5O2/c1-3-21-20(22-8-11-24-12-14-26-15-13-24)23-16-18(25-9-4-5-10-25)19-7-6-17(2)27-19/h6-7,18H,3-5,8-16H2,1-2H3,(H2,21,22,23). The first-order valence-corrected chi connectivity index (χ1v) is 10.4. The van der Waals surface area contributed by atoms with E-state index in [1.807, 2.05) is 13.0 Å². The van der Waals surface area contributed by atoms with Gasteiger partial charge in [-0.2, -0.15) is 0 Å². The molecule has 0 radical (unpaired) electrons. The average Bonchev–Trinajstić information content (AvgIpc) is 3.35. The van der Waals surface area contributed by atoms with Gasteiger partial charge in [-0.05, 0) is 51.9 Å². The highest BCUT2D eigenvalue weighted by Crippen LogP contribution is 2.26. The first-order chi connectivity index (χ1) is 13.3. The van der Waals surface area contributed by atoms with Crippen LogP contribution in [0.3, 0.4) is 0 Å². The summed E-state index contributed by atoms with van der Waals surface area (Å²) in [6.07, 6.45) is 2.52. The van der Waals surface area contributed by atoms with Crippen LogP contribution in [0.5, 0.6) is 0 Å². The molecule has 0 saturated carbocycles. The summed E-state index contributed by atoms with van der Waals surface area (Å²) in [6.45, 7) is 13.6. The third kappa shape index (κ3) is 6.23. The highest BCUT2D eigenvalue weighted by Gasteiger charge is 2.25. The van der Waals surface area contributed by atoms with Crippen molar-refractivity contribution in [3.63, 3.8) is 0 Å². The molecular formula is C20H35N5O2. The Morgan fingerprint density at radius 2 is 1.93 bits per heavy atom. The fourth-order valence-electron chi connectivity index (χ4n) is 3.75. The number of nitrogens with one attached hydrogen (secondary N) is 2. The summed E-state index contributed by atoms with van der Waals surface area (Å²) >= 11 is 0. The second-order valence-electron chi connectivity index (χ2n) is 7.31. The van der Waals surface area contributed by atoms with Gasteiger partial charge in [0.15, 0.2) is 5.96 Å². The normalized spacial score (nSPS) is 20.7. The minimum Gasteiger partial charge on any atom is -0.465 e. The van der Waals surface area contributed by atoms with Gasteiger partial charge in [0.25, 0.3) is 0 Å². The Balaban J connectivity index is 1.56. The van der Waals surface area contributed by atoms with E-state index in [1.165, 1.54) is 12.8 Å². The predicted octanol–water partition coefficient (Wildman–Crippen LogP) is 1.61. The number of aliphatic imine (C=N–C) groups is 1. The fraction of sp³-hybridized carbons (Fsp3) is 0.750. The summed E-state index contributed by atoms with van der Waals surface area (Å²) < 4.78 is 11.4. The van der Waals surface area contributed by atoms with Crippen molar-refractivity contribution >= 4 is 5.96 Å². The quantitative estimate of drug-likeness (QED) is 0.530. The van der Waals surface area contributed by atoms with Crippen molar-refractivity contribution in [1.29, 1.82) is 0 Å². The van der Waals surface area contributed by atoms with Crippen LogP contribution in [0.2, 0.25) is 0 Å². The lowest BCUT2D eigenvalue weighted by molar-refractivity contribution is 0.0389. The number of rotatable bonds is 8. The molecule has 1 aromatic rings. The Morgan fingerprint density at radius 1 is 1.15 bits per heavy atom. The van der Waals surface area contributed by atoms with Gasteiger partial charge in [-0.25, -0.2) is 0 Å². The number of hydrogen-bond acceptors (Lipinski definition) is 5. The topological polar surface area (TPSA) is 65.3 Å². The Labute approximate surface area is 163 Å².